The van der Waals surface area contributed by atoms with Crippen molar-refractivity contribution in [2.45, 2.75) is 9.79 Å². The third kappa shape index (κ3) is 7.98. The number of para-hydroxylation sites is 2. The third-order valence-electron chi connectivity index (χ3n) is 14.5. The lowest BCUT2D eigenvalue weighted by Crippen LogP contribution is -2.25. The number of nitrogens with zero attached hydrogens (tertiary/aromatic N) is 8. The first-order chi connectivity index (χ1) is 38.8. The van der Waals surface area contributed by atoms with Crippen molar-refractivity contribution in [1.29, 1.82) is 10.7 Å². The Hall–Kier alpha value is -10.8. The number of aromatic nitrogens is 6. The molecule has 4 aromatic heterocycles. The lowest BCUT2D eigenvalue weighted by Gasteiger charge is -2.15. The van der Waals surface area contributed by atoms with E-state index in [1.165, 1.54) is 24.3 Å². The lowest BCUT2D eigenvalue weighted by atomic mass is 10.1. The van der Waals surface area contributed by atoms with Gasteiger partial charge in [0.25, 0.3) is 0 Å². The van der Waals surface area contributed by atoms with Crippen LogP contribution in [-0.2, 0) is 9.84 Å². The van der Waals surface area contributed by atoms with Crippen LogP contribution >= 0.6 is 0 Å². The summed E-state index contributed by atoms with van der Waals surface area (Å²) >= 11 is 0. The van der Waals surface area contributed by atoms with Crippen molar-refractivity contribution >= 4 is 86.9 Å². The highest BCUT2D eigenvalue weighted by Crippen LogP contribution is 2.42. The molecule has 0 atom stereocenters. The van der Waals surface area contributed by atoms with Crippen LogP contribution in [0.2, 0.25) is 0 Å². The second-order valence-corrected chi connectivity index (χ2v) is 21.1. The smallest absolute Gasteiger partial charge is 0.238 e. The molecule has 0 spiro atoms. The van der Waals surface area contributed by atoms with Gasteiger partial charge in [0.05, 0.1) is 54.5 Å². The Kier molecular flexibility index (Phi) is 11.1. The Morgan fingerprint density at radius 1 is 0.456 bits per heavy atom. The monoisotopic (exact) mass is 1040 g/mol. The Labute approximate surface area is 452 Å². The van der Waals surface area contributed by atoms with Crippen LogP contribution in [0.5, 0.6) is 0 Å². The van der Waals surface area contributed by atoms with Gasteiger partial charge in [-0.1, -0.05) is 158 Å². The minimum Gasteiger partial charge on any atom is -0.309 e. The van der Waals surface area contributed by atoms with Crippen LogP contribution in [0.25, 0.3) is 99.8 Å². The van der Waals surface area contributed by atoms with E-state index in [-0.39, 0.29) is 15.6 Å². The fraction of sp³-hybridized carbons (Fsp3) is 0. The molecule has 0 aliphatic heterocycles. The molecule has 14 rings (SSSR count). The van der Waals surface area contributed by atoms with Gasteiger partial charge >= 0.3 is 0 Å². The zero-order valence-corrected chi connectivity index (χ0v) is 42.7. The van der Waals surface area contributed by atoms with E-state index in [0.717, 1.165) is 87.8 Å². The predicted molar refractivity (Wildman–Crippen MR) is 315 cm³/mol. The van der Waals surface area contributed by atoms with Gasteiger partial charge in [-0.2, -0.15) is 15.2 Å². The zero-order chi connectivity index (χ0) is 53.2. The van der Waals surface area contributed by atoms with Crippen LogP contribution in [0.15, 0.2) is 257 Å². The van der Waals surface area contributed by atoms with Crippen LogP contribution in [0.3, 0.4) is 0 Å². The number of nitriles is 1. The summed E-state index contributed by atoms with van der Waals surface area (Å²) in [7, 11) is -3.93. The quantitative estimate of drug-likeness (QED) is 0.107. The number of hydrogen-bond acceptors (Lipinski definition) is 7. The Bertz CT molecular complexity index is 4880. The summed E-state index contributed by atoms with van der Waals surface area (Å²) < 4.78 is 34.6. The van der Waals surface area contributed by atoms with Crippen LogP contribution in [-0.4, -0.2) is 48.9 Å². The summed E-state index contributed by atoms with van der Waals surface area (Å²) in [5.41, 5.74) is 13.3. The molecule has 0 fully saturated rings. The van der Waals surface area contributed by atoms with Gasteiger partial charge in [-0.25, -0.2) is 18.4 Å². The third-order valence-corrected chi connectivity index (χ3v) is 16.3. The molecule has 0 aliphatic rings. The fourth-order valence-electron chi connectivity index (χ4n) is 10.7. The average molecular weight is 1040 g/mol. The van der Waals surface area contributed by atoms with Gasteiger partial charge < -0.3 is 4.57 Å². The van der Waals surface area contributed by atoms with Crippen molar-refractivity contribution in [2.75, 3.05) is 5.43 Å². The molecule has 10 aromatic carbocycles. The summed E-state index contributed by atoms with van der Waals surface area (Å²) in [6.07, 6.45) is 0. The molecule has 13 heteroatoms. The zero-order valence-electron chi connectivity index (χ0n) is 41.9. The maximum absolute atomic E-state index is 14.1. The Morgan fingerprint density at radius 2 is 0.899 bits per heavy atom. The molecule has 374 valence electrons. The van der Waals surface area contributed by atoms with E-state index in [9.17, 15) is 13.7 Å². The molecule has 0 amide bonds. The first-order valence-electron chi connectivity index (χ1n) is 25.5. The molecule has 4 heterocycles. The van der Waals surface area contributed by atoms with E-state index in [0.29, 0.717) is 34.6 Å². The predicted octanol–water partition coefficient (Wildman–Crippen LogP) is 14.2. The van der Waals surface area contributed by atoms with Crippen LogP contribution in [0.1, 0.15) is 16.7 Å². The van der Waals surface area contributed by atoms with Gasteiger partial charge in [0.1, 0.15) is 0 Å². The summed E-state index contributed by atoms with van der Waals surface area (Å²) in [5.74, 6) is 2.14. The van der Waals surface area contributed by atoms with Crippen molar-refractivity contribution in [3.63, 3.8) is 0 Å². The van der Waals surface area contributed by atoms with E-state index in [1.807, 2.05) is 158 Å². The van der Waals surface area contributed by atoms with Gasteiger partial charge in [-0.05, 0) is 84.9 Å². The number of aliphatic imine (C=N–C) groups is 1. The minimum absolute atomic E-state index is 0.101. The first-order valence-corrected chi connectivity index (χ1v) is 27.0. The maximum Gasteiger partial charge on any atom is 0.238 e. The highest BCUT2D eigenvalue weighted by Gasteiger charge is 2.25. The highest BCUT2D eigenvalue weighted by atomic mass is 32.2. The summed E-state index contributed by atoms with van der Waals surface area (Å²) in [5, 5.41) is 24.3. The molecule has 2 N–H and O–H groups in total. The standard InChI is InChI=1S/C66H42N10O2S/c67-41-42-29-33-48(34-30-42)79(77,78)49-35-31-47(32-36-49)74-58-37-52-50-25-13-15-27-56(50)75(66-71-63(44-19-7-2-8-20-44)70-64(72-66)45-21-9-3-10-22-45)60(52)39-54(58)55-40-61-53(38-59(55)74)51-26-14-16-28-57(51)76(61)73-65(46-23-11-4-12-24-46)69-62(68)43-17-5-1-6-18-43/h1-40H,(H2,68,69,73). The van der Waals surface area contributed by atoms with Crippen LogP contribution < -0.4 is 5.43 Å². The number of nitrogens with one attached hydrogen (secondary N) is 2. The summed E-state index contributed by atoms with van der Waals surface area (Å²) in [6.45, 7) is 0. The van der Waals surface area contributed by atoms with Gasteiger partial charge in [-0.3, -0.25) is 20.1 Å². The molecular weight excluding hydrogens is 997 g/mol. The van der Waals surface area contributed by atoms with E-state index >= 15 is 0 Å². The number of sulfone groups is 1. The number of hydrogen-bond donors (Lipinski definition) is 2. The maximum atomic E-state index is 14.1. The van der Waals surface area contributed by atoms with Crippen molar-refractivity contribution in [2.24, 2.45) is 4.99 Å². The Balaban J connectivity index is 1.04. The Morgan fingerprint density at radius 3 is 1.47 bits per heavy atom. The van der Waals surface area contributed by atoms with Crippen molar-refractivity contribution in [1.82, 2.24) is 28.8 Å². The molecule has 0 aliphatic carbocycles. The van der Waals surface area contributed by atoms with Gasteiger partial charge in [-0.15, -0.1) is 0 Å². The van der Waals surface area contributed by atoms with E-state index in [1.54, 1.807) is 12.1 Å². The number of amidine groups is 2. The van der Waals surface area contributed by atoms with Gasteiger partial charge in [0.2, 0.25) is 15.8 Å². The van der Waals surface area contributed by atoms with Gasteiger partial charge in [0.15, 0.2) is 23.3 Å². The van der Waals surface area contributed by atoms with E-state index < -0.39 is 9.84 Å². The summed E-state index contributed by atoms with van der Waals surface area (Å²) in [6, 6.07) is 79.5. The molecule has 0 radical (unpaired) electrons. The molecule has 12 nitrogen and oxygen atoms in total. The van der Waals surface area contributed by atoms with E-state index in [2.05, 4.69) is 73.8 Å². The average Bonchev–Trinajstić information content (AvgIpc) is 4.26. The topological polar surface area (TPSA) is 160 Å². The number of rotatable bonds is 9. The van der Waals surface area contributed by atoms with E-state index in [4.69, 9.17) is 25.4 Å². The van der Waals surface area contributed by atoms with Crippen LogP contribution in [0.4, 0.5) is 0 Å². The normalized spacial score (nSPS) is 12.0. The van der Waals surface area contributed by atoms with Crippen LogP contribution in [0, 0.1) is 16.7 Å². The highest BCUT2D eigenvalue weighted by molar-refractivity contribution is 7.91. The largest absolute Gasteiger partial charge is 0.309 e. The lowest BCUT2D eigenvalue weighted by molar-refractivity contribution is 0.596. The fourth-order valence-corrected chi connectivity index (χ4v) is 12.0. The minimum atomic E-state index is -3.93. The molecular formula is C66H42N10O2S. The molecule has 0 saturated carbocycles. The number of benzene rings is 10. The first kappa shape index (κ1) is 46.7. The number of fused-ring (bicyclic) bond motifs is 9. The van der Waals surface area contributed by atoms with Crippen molar-refractivity contribution < 1.29 is 8.42 Å². The molecule has 0 bridgehead atoms. The molecule has 0 saturated heterocycles. The SMILES string of the molecule is N#Cc1ccc(S(=O)(=O)c2ccc(-n3c4cc5c6ccccc6n(N/C(=N\C(=N)c6ccccc6)c6ccccc6)c5cc4c4cc5c(cc43)c3ccccc3n5-c3nc(-c4ccccc4)nc(-c4ccccc4)n3)cc2)cc1. The molecule has 14 aromatic rings. The van der Waals surface area contributed by atoms with Crippen molar-refractivity contribution in [3.8, 4) is 40.5 Å². The second-order valence-electron chi connectivity index (χ2n) is 19.1. The van der Waals surface area contributed by atoms with Gasteiger partial charge in [0, 0.05) is 60.3 Å². The summed E-state index contributed by atoms with van der Waals surface area (Å²) in [4.78, 5) is 20.7. The van der Waals surface area contributed by atoms with Crippen molar-refractivity contribution in [3.05, 3.63) is 259 Å². The molecule has 0 unspecified atom stereocenters. The second kappa shape index (κ2) is 18.8. The molecule has 79 heavy (non-hydrogen) atoms.